The quantitative estimate of drug-likeness (QED) is 0.293. The Kier molecular flexibility index (Phi) is 8.36. The van der Waals surface area contributed by atoms with Gasteiger partial charge in [0.05, 0.1) is 13.2 Å². The summed E-state index contributed by atoms with van der Waals surface area (Å²) in [7, 11) is 3.49. The minimum Gasteiger partial charge on any atom is -0.475 e. The fraction of sp³-hybridized carbons (Fsp3) is 0.667. The normalized spacial score (nSPS) is 22.5. The minimum absolute atomic E-state index is 0. The van der Waals surface area contributed by atoms with Gasteiger partial charge < -0.3 is 24.4 Å². The summed E-state index contributed by atoms with van der Waals surface area (Å²) >= 11 is 0. The van der Waals surface area contributed by atoms with Gasteiger partial charge in [-0.3, -0.25) is 4.99 Å². The summed E-state index contributed by atoms with van der Waals surface area (Å²) in [5, 5.41) is 3.45. The number of hydrogen-bond donors (Lipinski definition) is 1. The molecule has 1 N–H and O–H groups in total. The first kappa shape index (κ1) is 21.2. The maximum absolute atomic E-state index is 5.70. The highest BCUT2D eigenvalue weighted by atomic mass is 127. The van der Waals surface area contributed by atoms with Crippen LogP contribution >= 0.6 is 24.0 Å². The molecule has 26 heavy (non-hydrogen) atoms. The van der Waals surface area contributed by atoms with E-state index < -0.39 is 0 Å². The third kappa shape index (κ3) is 5.20. The van der Waals surface area contributed by atoms with Gasteiger partial charge in [0.2, 0.25) is 5.88 Å². The standard InChI is InChI=1S/C18H28N4O3.HI/c1-19-17(22-8-5-18(13-22)6-9-24-14-18)21-12-15-4-3-7-20-16(15)25-11-10-23-2;/h3-4,7H,5-6,8-14H2,1-2H3,(H,19,21);1H. The van der Waals surface area contributed by atoms with E-state index >= 15 is 0 Å². The van der Waals surface area contributed by atoms with Crippen molar-refractivity contribution in [2.24, 2.45) is 10.4 Å². The van der Waals surface area contributed by atoms with Crippen LogP contribution in [0.25, 0.3) is 0 Å². The number of rotatable bonds is 6. The number of hydrogen-bond acceptors (Lipinski definition) is 5. The highest BCUT2D eigenvalue weighted by molar-refractivity contribution is 14.0. The zero-order valence-corrected chi connectivity index (χ0v) is 17.9. The predicted octanol–water partition coefficient (Wildman–Crippen LogP) is 1.91. The Bertz CT molecular complexity index is 594. The maximum Gasteiger partial charge on any atom is 0.218 e. The Morgan fingerprint density at radius 2 is 2.31 bits per heavy atom. The van der Waals surface area contributed by atoms with E-state index in [0.717, 1.165) is 44.2 Å². The van der Waals surface area contributed by atoms with Crippen LogP contribution in [0.15, 0.2) is 23.3 Å². The molecule has 3 rings (SSSR count). The molecule has 7 nitrogen and oxygen atoms in total. The molecule has 0 radical (unpaired) electrons. The Morgan fingerprint density at radius 1 is 1.42 bits per heavy atom. The van der Waals surface area contributed by atoms with Crippen molar-refractivity contribution in [3.05, 3.63) is 23.9 Å². The molecule has 146 valence electrons. The number of likely N-dealkylation sites (tertiary alicyclic amines) is 1. The van der Waals surface area contributed by atoms with Crippen LogP contribution in [-0.4, -0.2) is 69.5 Å². The molecule has 1 atom stereocenters. The monoisotopic (exact) mass is 476 g/mol. The molecule has 0 bridgehead atoms. The molecular weight excluding hydrogens is 447 g/mol. The predicted molar refractivity (Wildman–Crippen MR) is 111 cm³/mol. The highest BCUT2D eigenvalue weighted by Crippen LogP contribution is 2.38. The first-order chi connectivity index (χ1) is 12.3. The number of nitrogens with one attached hydrogen (secondary N) is 1. The molecule has 0 aliphatic carbocycles. The number of pyridine rings is 1. The fourth-order valence-electron chi connectivity index (χ4n) is 3.50. The summed E-state index contributed by atoms with van der Waals surface area (Å²) in [4.78, 5) is 11.1. The summed E-state index contributed by atoms with van der Waals surface area (Å²) in [6.07, 6.45) is 4.07. The van der Waals surface area contributed by atoms with E-state index in [1.165, 1.54) is 6.42 Å². The number of aliphatic imine (C=N–C) groups is 1. The lowest BCUT2D eigenvalue weighted by Gasteiger charge is -2.25. The molecule has 2 aliphatic rings. The largest absolute Gasteiger partial charge is 0.475 e. The summed E-state index contributed by atoms with van der Waals surface area (Å²) in [6, 6.07) is 3.94. The van der Waals surface area contributed by atoms with Crippen molar-refractivity contribution in [3.8, 4) is 5.88 Å². The molecule has 0 amide bonds. The average molecular weight is 476 g/mol. The Balaban J connectivity index is 0.00000243. The van der Waals surface area contributed by atoms with Gasteiger partial charge in [0.15, 0.2) is 5.96 Å². The van der Waals surface area contributed by atoms with Gasteiger partial charge in [-0.15, -0.1) is 24.0 Å². The molecule has 3 heterocycles. The third-order valence-electron chi connectivity index (χ3n) is 4.95. The van der Waals surface area contributed by atoms with Crippen LogP contribution < -0.4 is 10.1 Å². The second kappa shape index (κ2) is 10.3. The highest BCUT2D eigenvalue weighted by Gasteiger charge is 2.42. The minimum atomic E-state index is 0. The first-order valence-electron chi connectivity index (χ1n) is 8.85. The second-order valence-corrected chi connectivity index (χ2v) is 6.68. The van der Waals surface area contributed by atoms with Gasteiger partial charge in [0.1, 0.15) is 6.61 Å². The van der Waals surface area contributed by atoms with Crippen molar-refractivity contribution < 1.29 is 14.2 Å². The van der Waals surface area contributed by atoms with E-state index in [1.54, 1.807) is 13.3 Å². The summed E-state index contributed by atoms with van der Waals surface area (Å²) in [5.74, 6) is 1.57. The van der Waals surface area contributed by atoms with Crippen LogP contribution in [0.5, 0.6) is 5.88 Å². The van der Waals surface area contributed by atoms with Crippen LogP contribution in [-0.2, 0) is 16.0 Å². The van der Waals surface area contributed by atoms with Crippen molar-refractivity contribution in [2.75, 3.05) is 53.7 Å². The van der Waals surface area contributed by atoms with Crippen molar-refractivity contribution >= 4 is 29.9 Å². The number of ether oxygens (including phenoxy) is 3. The molecule has 0 saturated carbocycles. The van der Waals surface area contributed by atoms with Crippen LogP contribution in [0.4, 0.5) is 0 Å². The number of halogens is 1. The van der Waals surface area contributed by atoms with Crippen molar-refractivity contribution in [1.29, 1.82) is 0 Å². The van der Waals surface area contributed by atoms with Gasteiger partial charge in [0, 0.05) is 57.6 Å². The number of nitrogens with zero attached hydrogens (tertiary/aromatic N) is 3. The Hall–Kier alpha value is -1.13. The molecule has 1 unspecified atom stereocenters. The lowest BCUT2D eigenvalue weighted by atomic mass is 9.87. The van der Waals surface area contributed by atoms with Gasteiger partial charge in [-0.2, -0.15) is 0 Å². The number of aromatic nitrogens is 1. The van der Waals surface area contributed by atoms with Gasteiger partial charge in [-0.05, 0) is 18.9 Å². The molecule has 8 heteroatoms. The summed E-state index contributed by atoms with van der Waals surface area (Å²) in [5.41, 5.74) is 1.33. The van der Waals surface area contributed by atoms with E-state index in [-0.39, 0.29) is 24.0 Å². The molecule has 2 aliphatic heterocycles. The molecule has 2 saturated heterocycles. The van der Waals surface area contributed by atoms with E-state index in [1.807, 2.05) is 19.2 Å². The van der Waals surface area contributed by atoms with Gasteiger partial charge in [-0.1, -0.05) is 6.07 Å². The maximum atomic E-state index is 5.70. The summed E-state index contributed by atoms with van der Waals surface area (Å²) in [6.45, 7) is 5.46. The van der Waals surface area contributed by atoms with Crippen LogP contribution in [0, 0.1) is 5.41 Å². The molecule has 1 aromatic heterocycles. The molecule has 1 aromatic rings. The van der Waals surface area contributed by atoms with Gasteiger partial charge in [0.25, 0.3) is 0 Å². The average Bonchev–Trinajstić information content (AvgIpc) is 3.27. The Morgan fingerprint density at radius 3 is 3.04 bits per heavy atom. The fourth-order valence-corrected chi connectivity index (χ4v) is 3.50. The van der Waals surface area contributed by atoms with Crippen molar-refractivity contribution in [3.63, 3.8) is 0 Å². The molecular formula is C18H29IN4O3. The second-order valence-electron chi connectivity index (χ2n) is 6.68. The van der Waals surface area contributed by atoms with E-state index in [4.69, 9.17) is 14.2 Å². The summed E-state index contributed by atoms with van der Waals surface area (Å²) < 4.78 is 16.3. The molecule has 1 spiro atoms. The zero-order chi connectivity index (χ0) is 17.5. The van der Waals surface area contributed by atoms with Crippen LogP contribution in [0.3, 0.4) is 0 Å². The lowest BCUT2D eigenvalue weighted by Crippen LogP contribution is -2.41. The van der Waals surface area contributed by atoms with Crippen molar-refractivity contribution in [2.45, 2.75) is 19.4 Å². The van der Waals surface area contributed by atoms with E-state index in [9.17, 15) is 0 Å². The smallest absolute Gasteiger partial charge is 0.218 e. The number of guanidine groups is 1. The first-order valence-corrected chi connectivity index (χ1v) is 8.85. The van der Waals surface area contributed by atoms with Crippen LogP contribution in [0.2, 0.25) is 0 Å². The van der Waals surface area contributed by atoms with Gasteiger partial charge >= 0.3 is 0 Å². The van der Waals surface area contributed by atoms with Crippen molar-refractivity contribution in [1.82, 2.24) is 15.2 Å². The van der Waals surface area contributed by atoms with Gasteiger partial charge in [-0.25, -0.2) is 4.98 Å². The third-order valence-corrected chi connectivity index (χ3v) is 4.95. The Labute approximate surface area is 172 Å². The van der Waals surface area contributed by atoms with E-state index in [0.29, 0.717) is 31.1 Å². The molecule has 2 fully saturated rings. The lowest BCUT2D eigenvalue weighted by molar-refractivity contribution is 0.143. The van der Waals surface area contributed by atoms with Crippen LogP contribution in [0.1, 0.15) is 18.4 Å². The SMILES string of the molecule is CN=C(NCc1cccnc1OCCOC)N1CCC2(CCOC2)C1.I. The zero-order valence-electron chi connectivity index (χ0n) is 15.6. The number of methoxy groups -OCH3 is 1. The van der Waals surface area contributed by atoms with E-state index in [2.05, 4.69) is 20.2 Å². The topological polar surface area (TPSA) is 68.2 Å². The molecule has 0 aromatic carbocycles.